The molecule has 0 aliphatic carbocycles. The van der Waals surface area contributed by atoms with E-state index in [1.165, 1.54) is 10.5 Å². The summed E-state index contributed by atoms with van der Waals surface area (Å²) < 4.78 is 5.40. The molecule has 0 aliphatic rings. The maximum Gasteiger partial charge on any atom is 0.119 e. The molecule has 0 spiro atoms. The summed E-state index contributed by atoms with van der Waals surface area (Å²) in [7, 11) is 0. The molecule has 0 fully saturated rings. The van der Waals surface area contributed by atoms with Gasteiger partial charge in [0.15, 0.2) is 0 Å². The van der Waals surface area contributed by atoms with Crippen LogP contribution >= 0.6 is 11.8 Å². The Morgan fingerprint density at radius 1 is 1.10 bits per heavy atom. The van der Waals surface area contributed by atoms with Crippen molar-refractivity contribution in [2.45, 2.75) is 24.8 Å². The molecule has 0 heterocycles. The fraction of sp³-hybridized carbons (Fsp3) is 0.294. The van der Waals surface area contributed by atoms with Gasteiger partial charge in [0.2, 0.25) is 0 Å². The van der Waals surface area contributed by atoms with Gasteiger partial charge in [0.05, 0.1) is 12.7 Å². The lowest BCUT2D eigenvalue weighted by atomic mass is 10.1. The summed E-state index contributed by atoms with van der Waals surface area (Å²) in [5.74, 6) is 1.49. The van der Waals surface area contributed by atoms with Gasteiger partial charge in [0.1, 0.15) is 5.75 Å². The molecule has 1 unspecified atom stereocenters. The van der Waals surface area contributed by atoms with Crippen LogP contribution in [0.2, 0.25) is 0 Å². The van der Waals surface area contributed by atoms with Crippen molar-refractivity contribution in [2.75, 3.05) is 12.4 Å². The van der Waals surface area contributed by atoms with E-state index < -0.39 is 6.10 Å². The SMILES string of the molecule is CCOc1ccc(C(O)CSc2ccccc2C)cc1. The third kappa shape index (κ3) is 4.02. The largest absolute Gasteiger partial charge is 0.494 e. The van der Waals surface area contributed by atoms with Crippen LogP contribution in [0, 0.1) is 6.92 Å². The van der Waals surface area contributed by atoms with Crippen LogP contribution in [0.4, 0.5) is 0 Å². The van der Waals surface area contributed by atoms with E-state index in [9.17, 15) is 5.11 Å². The van der Waals surface area contributed by atoms with E-state index in [1.807, 2.05) is 43.3 Å². The second-order valence-corrected chi connectivity index (χ2v) is 5.66. The van der Waals surface area contributed by atoms with Crippen molar-refractivity contribution in [3.63, 3.8) is 0 Å². The van der Waals surface area contributed by atoms with Gasteiger partial charge in [-0.05, 0) is 43.2 Å². The average molecular weight is 288 g/mol. The maximum atomic E-state index is 10.2. The van der Waals surface area contributed by atoms with Crippen LogP contribution in [0.3, 0.4) is 0 Å². The first kappa shape index (κ1) is 14.9. The Morgan fingerprint density at radius 3 is 2.45 bits per heavy atom. The number of thioether (sulfide) groups is 1. The van der Waals surface area contributed by atoms with Crippen molar-refractivity contribution in [3.8, 4) is 5.75 Å². The Hall–Kier alpha value is -1.45. The first-order valence-corrected chi connectivity index (χ1v) is 7.78. The number of aliphatic hydroxyl groups excluding tert-OH is 1. The van der Waals surface area contributed by atoms with Gasteiger partial charge in [-0.25, -0.2) is 0 Å². The van der Waals surface area contributed by atoms with Crippen LogP contribution in [0.5, 0.6) is 5.75 Å². The highest BCUT2D eigenvalue weighted by Gasteiger charge is 2.09. The summed E-state index contributed by atoms with van der Waals surface area (Å²) in [5.41, 5.74) is 2.17. The predicted molar refractivity (Wildman–Crippen MR) is 84.5 cm³/mol. The summed E-state index contributed by atoms with van der Waals surface area (Å²) in [6.07, 6.45) is -0.463. The topological polar surface area (TPSA) is 29.5 Å². The first-order chi connectivity index (χ1) is 9.70. The fourth-order valence-corrected chi connectivity index (χ4v) is 2.94. The number of aryl methyl sites for hydroxylation is 1. The molecule has 2 aromatic carbocycles. The molecule has 0 aromatic heterocycles. The normalized spacial score (nSPS) is 12.2. The second-order valence-electron chi connectivity index (χ2n) is 4.59. The Balaban J connectivity index is 1.94. The highest BCUT2D eigenvalue weighted by atomic mass is 32.2. The van der Waals surface area contributed by atoms with Crippen molar-refractivity contribution in [1.82, 2.24) is 0 Å². The van der Waals surface area contributed by atoms with Gasteiger partial charge in [-0.3, -0.25) is 0 Å². The maximum absolute atomic E-state index is 10.2. The molecule has 1 atom stereocenters. The number of aliphatic hydroxyl groups is 1. The molecule has 2 aromatic rings. The number of hydrogen-bond donors (Lipinski definition) is 1. The van der Waals surface area contributed by atoms with Crippen molar-refractivity contribution in [2.24, 2.45) is 0 Å². The Morgan fingerprint density at radius 2 is 1.80 bits per heavy atom. The van der Waals surface area contributed by atoms with E-state index in [1.54, 1.807) is 11.8 Å². The van der Waals surface area contributed by atoms with Crippen molar-refractivity contribution < 1.29 is 9.84 Å². The monoisotopic (exact) mass is 288 g/mol. The first-order valence-electron chi connectivity index (χ1n) is 6.80. The molecule has 0 amide bonds. The van der Waals surface area contributed by atoms with Gasteiger partial charge < -0.3 is 9.84 Å². The van der Waals surface area contributed by atoms with Crippen LogP contribution in [-0.4, -0.2) is 17.5 Å². The van der Waals surface area contributed by atoms with Gasteiger partial charge in [-0.2, -0.15) is 0 Å². The molecule has 0 saturated carbocycles. The molecular formula is C17H20O2S. The molecule has 20 heavy (non-hydrogen) atoms. The minimum atomic E-state index is -0.463. The summed E-state index contributed by atoms with van der Waals surface area (Å²) >= 11 is 1.68. The molecular weight excluding hydrogens is 268 g/mol. The zero-order chi connectivity index (χ0) is 14.4. The Labute approximate surface area is 124 Å². The molecule has 106 valence electrons. The molecule has 1 N–H and O–H groups in total. The lowest BCUT2D eigenvalue weighted by Gasteiger charge is -2.12. The summed E-state index contributed by atoms with van der Waals surface area (Å²) in [5, 5.41) is 10.2. The van der Waals surface area contributed by atoms with Crippen LogP contribution in [0.15, 0.2) is 53.4 Å². The number of ether oxygens (including phenoxy) is 1. The standard InChI is InChI=1S/C17H20O2S/c1-3-19-15-10-8-14(9-11-15)16(18)12-20-17-7-5-4-6-13(17)2/h4-11,16,18H,3,12H2,1-2H3. The molecule has 0 saturated heterocycles. The molecule has 2 rings (SSSR count). The second kappa shape index (κ2) is 7.36. The van der Waals surface area contributed by atoms with E-state index in [0.717, 1.165) is 11.3 Å². The number of hydrogen-bond acceptors (Lipinski definition) is 3. The molecule has 0 radical (unpaired) electrons. The van der Waals surface area contributed by atoms with E-state index >= 15 is 0 Å². The predicted octanol–water partition coefficient (Wildman–Crippen LogP) is 4.22. The van der Waals surface area contributed by atoms with Crippen molar-refractivity contribution in [1.29, 1.82) is 0 Å². The summed E-state index contributed by atoms with van der Waals surface area (Å²) in [6.45, 7) is 4.71. The summed E-state index contributed by atoms with van der Waals surface area (Å²) in [6, 6.07) is 15.9. The molecule has 0 aliphatic heterocycles. The zero-order valence-electron chi connectivity index (χ0n) is 11.9. The highest BCUT2D eigenvalue weighted by molar-refractivity contribution is 7.99. The number of benzene rings is 2. The quantitative estimate of drug-likeness (QED) is 0.807. The van der Waals surface area contributed by atoms with Crippen LogP contribution < -0.4 is 4.74 Å². The van der Waals surface area contributed by atoms with E-state index in [2.05, 4.69) is 19.1 Å². The molecule has 2 nitrogen and oxygen atoms in total. The minimum absolute atomic E-state index is 0.463. The number of rotatable bonds is 6. The average Bonchev–Trinajstić information content (AvgIpc) is 2.47. The van der Waals surface area contributed by atoms with Gasteiger partial charge in [0.25, 0.3) is 0 Å². The van der Waals surface area contributed by atoms with Crippen molar-refractivity contribution >= 4 is 11.8 Å². The van der Waals surface area contributed by atoms with E-state index in [-0.39, 0.29) is 0 Å². The third-order valence-electron chi connectivity index (χ3n) is 3.07. The van der Waals surface area contributed by atoms with Crippen LogP contribution in [-0.2, 0) is 0 Å². The van der Waals surface area contributed by atoms with Gasteiger partial charge >= 0.3 is 0 Å². The lowest BCUT2D eigenvalue weighted by Crippen LogP contribution is -2.01. The summed E-state index contributed by atoms with van der Waals surface area (Å²) in [4.78, 5) is 1.22. The van der Waals surface area contributed by atoms with Crippen molar-refractivity contribution in [3.05, 3.63) is 59.7 Å². The zero-order valence-corrected chi connectivity index (χ0v) is 12.7. The van der Waals surface area contributed by atoms with E-state index in [4.69, 9.17) is 4.74 Å². The smallest absolute Gasteiger partial charge is 0.119 e. The Kier molecular flexibility index (Phi) is 5.50. The fourth-order valence-electron chi connectivity index (χ4n) is 1.94. The van der Waals surface area contributed by atoms with Crippen LogP contribution in [0.1, 0.15) is 24.2 Å². The molecule has 0 bridgehead atoms. The van der Waals surface area contributed by atoms with Gasteiger partial charge in [-0.15, -0.1) is 11.8 Å². The molecule has 3 heteroatoms. The third-order valence-corrected chi connectivity index (χ3v) is 4.32. The lowest BCUT2D eigenvalue weighted by molar-refractivity contribution is 0.204. The van der Waals surface area contributed by atoms with Crippen LogP contribution in [0.25, 0.3) is 0 Å². The van der Waals surface area contributed by atoms with Gasteiger partial charge in [-0.1, -0.05) is 30.3 Å². The minimum Gasteiger partial charge on any atom is -0.494 e. The highest BCUT2D eigenvalue weighted by Crippen LogP contribution is 2.27. The Bertz CT molecular complexity index is 537. The van der Waals surface area contributed by atoms with E-state index in [0.29, 0.717) is 12.4 Å². The van der Waals surface area contributed by atoms with Gasteiger partial charge in [0, 0.05) is 10.6 Å².